The van der Waals surface area contributed by atoms with E-state index in [1.54, 1.807) is 14.2 Å². The van der Waals surface area contributed by atoms with Gasteiger partial charge < -0.3 is 0 Å². The molecule has 0 N–H and O–H groups in total. The fourth-order valence-electron chi connectivity index (χ4n) is 1.56. The van der Waals surface area contributed by atoms with Crippen molar-refractivity contribution in [3.63, 3.8) is 0 Å². The van der Waals surface area contributed by atoms with Crippen LogP contribution in [0.5, 0.6) is 11.5 Å². The van der Waals surface area contributed by atoms with Gasteiger partial charge in [-0.25, -0.2) is 0 Å². The standard InChI is InChI=1S/C14H22O4Si.2ClH.Ru/c1-11(2)18-14-8-7-13(9-12(14)3)17-10-19(6,15-4)16-5;;;/h3,7-9,11H,10H2,1-2,4-6H3;2*1H;/q;;;+2/p-2. The zero-order valence-corrected chi connectivity index (χ0v) is 17.6. The zero-order chi connectivity index (χ0) is 16.8. The van der Waals surface area contributed by atoms with Crippen molar-refractivity contribution >= 4 is 32.6 Å². The molecule has 1 rings (SSSR count). The molecule has 0 aromatic heterocycles. The van der Waals surface area contributed by atoms with E-state index in [1.807, 2.05) is 43.2 Å². The molecule has 22 heavy (non-hydrogen) atoms. The molecule has 1 aromatic carbocycles. The number of benzene rings is 1. The van der Waals surface area contributed by atoms with Gasteiger partial charge in [0.05, 0.1) is 0 Å². The number of rotatable bonds is 8. The van der Waals surface area contributed by atoms with Crippen molar-refractivity contribution in [1.82, 2.24) is 0 Å². The van der Waals surface area contributed by atoms with E-state index in [4.69, 9.17) is 37.7 Å². The predicted octanol–water partition coefficient (Wildman–Crippen LogP) is 3.83. The SMILES string of the molecule is CO[Si](C)(COc1ccc(OC(C)C)c([CH]=[Ru]([Cl])[Cl])c1)OC. The normalized spacial score (nSPS) is 12.3. The van der Waals surface area contributed by atoms with E-state index in [1.165, 1.54) is 0 Å². The minimum absolute atomic E-state index is 0.0721. The first-order valence-corrected chi connectivity index (χ1v) is 14.7. The third kappa shape index (κ3) is 6.65. The van der Waals surface area contributed by atoms with Crippen LogP contribution in [0.15, 0.2) is 18.2 Å². The van der Waals surface area contributed by atoms with Gasteiger partial charge in [-0.2, -0.15) is 0 Å². The molecule has 0 saturated heterocycles. The van der Waals surface area contributed by atoms with Crippen molar-refractivity contribution in [3.05, 3.63) is 23.8 Å². The monoisotopic (exact) mass is 454 g/mol. The van der Waals surface area contributed by atoms with E-state index in [2.05, 4.69) is 0 Å². The molecule has 1 aromatic rings. The second kappa shape index (κ2) is 9.36. The summed E-state index contributed by atoms with van der Waals surface area (Å²) in [6, 6.07) is 5.60. The number of halogens is 2. The van der Waals surface area contributed by atoms with Crippen LogP contribution < -0.4 is 9.47 Å². The third-order valence-corrected chi connectivity index (χ3v) is 7.12. The van der Waals surface area contributed by atoms with Crippen LogP contribution in [0.2, 0.25) is 6.55 Å². The molecule has 0 aliphatic carbocycles. The summed E-state index contributed by atoms with van der Waals surface area (Å²) >= 11 is -1.95. The van der Waals surface area contributed by atoms with Gasteiger partial charge in [0.1, 0.15) is 0 Å². The maximum atomic E-state index is 5.99. The molecule has 0 fully saturated rings. The molecular formula is C14H22Cl2O4RuSi. The van der Waals surface area contributed by atoms with Crippen LogP contribution in [-0.4, -0.2) is 39.7 Å². The van der Waals surface area contributed by atoms with Crippen molar-refractivity contribution in [2.45, 2.75) is 26.5 Å². The average molecular weight is 454 g/mol. The second-order valence-electron chi connectivity index (χ2n) is 5.00. The molecule has 0 spiro atoms. The van der Waals surface area contributed by atoms with Gasteiger partial charge in [-0.3, -0.25) is 0 Å². The number of hydrogen-bond donors (Lipinski definition) is 0. The van der Waals surface area contributed by atoms with Crippen molar-refractivity contribution in [3.8, 4) is 11.5 Å². The molecule has 0 aliphatic rings. The van der Waals surface area contributed by atoms with Crippen molar-refractivity contribution in [2.24, 2.45) is 0 Å². The first kappa shape index (κ1) is 20.1. The van der Waals surface area contributed by atoms with Gasteiger partial charge in [0.2, 0.25) is 0 Å². The quantitative estimate of drug-likeness (QED) is 0.560. The van der Waals surface area contributed by atoms with Crippen LogP contribution in [0.25, 0.3) is 0 Å². The summed E-state index contributed by atoms with van der Waals surface area (Å²) in [6.07, 6.45) is 0.468. The zero-order valence-electron chi connectivity index (χ0n) is 13.3. The maximum absolute atomic E-state index is 5.99. The molecule has 4 nitrogen and oxygen atoms in total. The number of hydrogen-bond acceptors (Lipinski definition) is 4. The Kier molecular flexibility index (Phi) is 8.54. The van der Waals surface area contributed by atoms with Crippen molar-refractivity contribution in [2.75, 3.05) is 20.4 Å². The first-order chi connectivity index (χ1) is 10.3. The average Bonchev–Trinajstić information content (AvgIpc) is 2.46. The third-order valence-electron chi connectivity index (χ3n) is 2.90. The van der Waals surface area contributed by atoms with Crippen LogP contribution in [0.1, 0.15) is 19.4 Å². The van der Waals surface area contributed by atoms with Gasteiger partial charge in [0.15, 0.2) is 0 Å². The Morgan fingerprint density at radius 2 is 1.86 bits per heavy atom. The first-order valence-electron chi connectivity index (χ1n) is 6.66. The molecule has 0 atom stereocenters. The Labute approximate surface area is 146 Å². The van der Waals surface area contributed by atoms with Gasteiger partial charge in [-0.05, 0) is 0 Å². The van der Waals surface area contributed by atoms with E-state index >= 15 is 0 Å². The van der Waals surface area contributed by atoms with E-state index in [0.717, 1.165) is 11.3 Å². The Bertz CT molecular complexity index is 518. The van der Waals surface area contributed by atoms with Gasteiger partial charge in [-0.15, -0.1) is 0 Å². The Morgan fingerprint density at radius 3 is 2.36 bits per heavy atom. The molecule has 0 heterocycles. The van der Waals surface area contributed by atoms with Gasteiger partial charge >= 0.3 is 147 Å². The second-order valence-corrected chi connectivity index (χ2v) is 14.1. The Balaban J connectivity index is 2.96. The van der Waals surface area contributed by atoms with Gasteiger partial charge in [0, 0.05) is 0 Å². The molecular weight excluding hydrogens is 432 g/mol. The van der Waals surface area contributed by atoms with Crippen LogP contribution >= 0.6 is 19.4 Å². The van der Waals surface area contributed by atoms with Crippen LogP contribution in [0.3, 0.4) is 0 Å². The number of ether oxygens (including phenoxy) is 2. The fourth-order valence-corrected chi connectivity index (χ4v) is 4.17. The summed E-state index contributed by atoms with van der Waals surface area (Å²) in [4.78, 5) is 0. The predicted molar refractivity (Wildman–Crippen MR) is 90.2 cm³/mol. The van der Waals surface area contributed by atoms with Gasteiger partial charge in [0.25, 0.3) is 0 Å². The van der Waals surface area contributed by atoms with E-state index in [9.17, 15) is 0 Å². The fraction of sp³-hybridized carbons (Fsp3) is 0.500. The van der Waals surface area contributed by atoms with Gasteiger partial charge in [-0.1, -0.05) is 0 Å². The van der Waals surface area contributed by atoms with E-state index in [-0.39, 0.29) is 6.10 Å². The summed E-state index contributed by atoms with van der Waals surface area (Å²) in [5, 5.41) is 0. The molecule has 0 radical (unpaired) electrons. The van der Waals surface area contributed by atoms with Crippen molar-refractivity contribution in [1.29, 1.82) is 0 Å². The molecule has 0 saturated carbocycles. The summed E-state index contributed by atoms with van der Waals surface area (Å²) < 4.78 is 24.2. The van der Waals surface area contributed by atoms with Crippen LogP contribution in [0.4, 0.5) is 0 Å². The summed E-state index contributed by atoms with van der Waals surface area (Å²) in [6.45, 7) is 5.88. The molecule has 0 bridgehead atoms. The van der Waals surface area contributed by atoms with E-state index < -0.39 is 22.1 Å². The Hall–Kier alpha value is 0.0303. The van der Waals surface area contributed by atoms with E-state index in [0.29, 0.717) is 12.0 Å². The minimum atomic E-state index is -2.28. The Morgan fingerprint density at radius 1 is 1.23 bits per heavy atom. The summed E-state index contributed by atoms with van der Waals surface area (Å²) in [5.41, 5.74) is 0.855. The topological polar surface area (TPSA) is 36.9 Å². The molecule has 128 valence electrons. The molecule has 8 heteroatoms. The molecule has 0 aliphatic heterocycles. The van der Waals surface area contributed by atoms with Crippen LogP contribution in [-0.2, 0) is 22.4 Å². The molecule has 0 unspecified atom stereocenters. The summed E-state index contributed by atoms with van der Waals surface area (Å²) in [7, 11) is 13.0. The molecule has 0 amide bonds. The van der Waals surface area contributed by atoms with Crippen molar-refractivity contribution < 1.29 is 31.8 Å². The van der Waals surface area contributed by atoms with Crippen LogP contribution in [0, 0.1) is 0 Å². The summed E-state index contributed by atoms with van der Waals surface area (Å²) in [5.74, 6) is 1.46.